The minimum atomic E-state index is -0.667. The quantitative estimate of drug-likeness (QED) is 0.743. The van der Waals surface area contributed by atoms with Gasteiger partial charge in [-0.15, -0.1) is 12.4 Å². The van der Waals surface area contributed by atoms with E-state index in [4.69, 9.17) is 15.2 Å². The van der Waals surface area contributed by atoms with Crippen molar-refractivity contribution < 1.29 is 14.3 Å². The van der Waals surface area contributed by atoms with Crippen molar-refractivity contribution in [3.63, 3.8) is 0 Å². The van der Waals surface area contributed by atoms with Crippen LogP contribution in [-0.4, -0.2) is 42.1 Å². The summed E-state index contributed by atoms with van der Waals surface area (Å²) in [5.74, 6) is -0.703. The maximum atomic E-state index is 13.6. The fraction of sp³-hybridized carbons (Fsp3) is 0.522. The Morgan fingerprint density at radius 2 is 1.77 bits per heavy atom. The van der Waals surface area contributed by atoms with Gasteiger partial charge in [-0.25, -0.2) is 0 Å². The molecule has 0 radical (unpaired) electrons. The second kappa shape index (κ2) is 8.73. The normalized spacial score (nSPS) is 27.4. The van der Waals surface area contributed by atoms with Crippen LogP contribution >= 0.6 is 12.4 Å². The van der Waals surface area contributed by atoms with Crippen molar-refractivity contribution in [1.29, 1.82) is 0 Å². The first-order valence-electron chi connectivity index (χ1n) is 10.9. The van der Waals surface area contributed by atoms with Gasteiger partial charge < -0.3 is 20.5 Å². The average Bonchev–Trinajstić information content (AvgIpc) is 3.27. The zero-order valence-corrected chi connectivity index (χ0v) is 18.4. The molecular weight excluding hydrogens is 416 g/mol. The Labute approximate surface area is 188 Å². The number of halogens is 1. The minimum Gasteiger partial charge on any atom is -0.401 e. The van der Waals surface area contributed by atoms with Crippen molar-refractivity contribution in [3.8, 4) is 0 Å². The summed E-state index contributed by atoms with van der Waals surface area (Å²) in [6, 6.07) is 3.79. The Morgan fingerprint density at radius 1 is 1.06 bits per heavy atom. The van der Waals surface area contributed by atoms with Crippen LogP contribution in [-0.2, 0) is 14.3 Å². The van der Waals surface area contributed by atoms with Gasteiger partial charge in [0, 0.05) is 35.6 Å². The predicted molar refractivity (Wildman–Crippen MR) is 120 cm³/mol. The van der Waals surface area contributed by atoms with Crippen LogP contribution in [0.25, 0.3) is 0 Å². The highest BCUT2D eigenvalue weighted by Crippen LogP contribution is 2.57. The van der Waals surface area contributed by atoms with E-state index in [1.54, 1.807) is 12.4 Å². The van der Waals surface area contributed by atoms with E-state index in [1.165, 1.54) is 0 Å². The van der Waals surface area contributed by atoms with Gasteiger partial charge in [0.1, 0.15) is 6.67 Å². The lowest BCUT2D eigenvalue weighted by atomic mass is 9.60. The van der Waals surface area contributed by atoms with Gasteiger partial charge in [0.15, 0.2) is 5.79 Å². The van der Waals surface area contributed by atoms with E-state index in [0.29, 0.717) is 43.3 Å². The van der Waals surface area contributed by atoms with E-state index in [-0.39, 0.29) is 18.2 Å². The fourth-order valence-corrected chi connectivity index (χ4v) is 5.55. The number of aromatic nitrogens is 1. The Hall–Kier alpha value is -2.22. The molecule has 166 valence electrons. The highest BCUT2D eigenvalue weighted by molar-refractivity contribution is 6.17. The van der Waals surface area contributed by atoms with Crippen LogP contribution in [0, 0.1) is 5.41 Å². The number of ketones is 1. The topological polar surface area (TPSA) is 98.8 Å². The Kier molecular flexibility index (Phi) is 6.19. The van der Waals surface area contributed by atoms with E-state index in [1.807, 2.05) is 18.2 Å². The molecule has 31 heavy (non-hydrogen) atoms. The number of hydrogen-bond acceptors (Lipinski definition) is 7. The SMILES string of the molecule is Cl.NC1=C(C(=O)C2=CC(c3ccncc3)=NCN2)CCC[C@@]12CCCCC21OCCO1. The molecule has 1 aromatic rings. The molecule has 0 aromatic carbocycles. The molecule has 3 heterocycles. The van der Waals surface area contributed by atoms with Crippen LogP contribution in [0.15, 0.2) is 52.6 Å². The van der Waals surface area contributed by atoms with E-state index in [2.05, 4.69) is 15.3 Å². The first kappa shape index (κ1) is 22.0. The largest absolute Gasteiger partial charge is 0.401 e. The number of rotatable bonds is 3. The van der Waals surface area contributed by atoms with Crippen molar-refractivity contribution in [2.45, 2.75) is 50.7 Å². The molecule has 0 unspecified atom stereocenters. The molecule has 0 bridgehead atoms. The molecule has 2 fully saturated rings. The van der Waals surface area contributed by atoms with E-state index >= 15 is 0 Å². The third-order valence-corrected chi connectivity index (χ3v) is 7.01. The maximum absolute atomic E-state index is 13.6. The van der Waals surface area contributed by atoms with E-state index in [9.17, 15) is 4.79 Å². The fourth-order valence-electron chi connectivity index (χ4n) is 5.55. The number of allylic oxidation sites excluding steroid dienone is 2. The second-order valence-corrected chi connectivity index (χ2v) is 8.49. The summed E-state index contributed by atoms with van der Waals surface area (Å²) < 4.78 is 12.4. The monoisotopic (exact) mass is 444 g/mol. The van der Waals surface area contributed by atoms with Gasteiger partial charge >= 0.3 is 0 Å². The molecule has 1 aromatic heterocycles. The number of aliphatic imine (C=N–C) groups is 1. The Bertz CT molecular complexity index is 937. The Morgan fingerprint density at radius 3 is 2.55 bits per heavy atom. The maximum Gasteiger partial charge on any atom is 0.206 e. The number of nitrogens with one attached hydrogen (secondary N) is 1. The summed E-state index contributed by atoms with van der Waals surface area (Å²) >= 11 is 0. The number of hydrogen-bond donors (Lipinski definition) is 2. The number of carbonyl (C=O) groups is 1. The summed E-state index contributed by atoms with van der Waals surface area (Å²) in [6.45, 7) is 1.55. The van der Waals surface area contributed by atoms with Gasteiger partial charge in [-0.2, -0.15) is 0 Å². The van der Waals surface area contributed by atoms with Gasteiger partial charge in [-0.05, 0) is 50.3 Å². The molecule has 5 rings (SSSR count). The molecule has 0 amide bonds. The molecule has 2 aliphatic carbocycles. The third-order valence-electron chi connectivity index (χ3n) is 7.01. The van der Waals surface area contributed by atoms with E-state index in [0.717, 1.165) is 49.8 Å². The molecule has 4 aliphatic rings. The lowest BCUT2D eigenvalue weighted by Gasteiger charge is -2.52. The number of fused-ring (bicyclic) bond motifs is 1. The van der Waals surface area contributed by atoms with Crippen LogP contribution < -0.4 is 11.1 Å². The molecule has 3 N–H and O–H groups in total. The van der Waals surface area contributed by atoms with Gasteiger partial charge in [-0.1, -0.05) is 6.42 Å². The molecule has 2 spiro atoms. The number of nitrogens with two attached hydrogens (primary N) is 1. The number of carbonyl (C=O) groups excluding carboxylic acids is 1. The van der Waals surface area contributed by atoms with Crippen LogP contribution in [0.1, 0.15) is 50.5 Å². The first-order valence-corrected chi connectivity index (χ1v) is 10.9. The highest BCUT2D eigenvalue weighted by Gasteiger charge is 2.59. The Balaban J connectivity index is 0.00000231. The zero-order valence-electron chi connectivity index (χ0n) is 17.6. The van der Waals surface area contributed by atoms with Crippen LogP contribution in [0.5, 0.6) is 0 Å². The molecule has 8 heteroatoms. The molecule has 1 saturated carbocycles. The number of ether oxygens (including phenoxy) is 2. The number of Topliss-reactive ketones (excluding diaryl/α,β-unsaturated/α-hetero) is 1. The molecule has 7 nitrogen and oxygen atoms in total. The van der Waals surface area contributed by atoms with Crippen molar-refractivity contribution in [3.05, 3.63) is 53.1 Å². The predicted octanol–water partition coefficient (Wildman–Crippen LogP) is 3.01. The van der Waals surface area contributed by atoms with Gasteiger partial charge in [0.05, 0.1) is 30.0 Å². The minimum absolute atomic E-state index is 0. The molecular formula is C23H29ClN4O3. The summed E-state index contributed by atoms with van der Waals surface area (Å²) in [6.07, 6.45) is 11.7. The van der Waals surface area contributed by atoms with Crippen LogP contribution in [0.2, 0.25) is 0 Å². The lowest BCUT2D eigenvalue weighted by molar-refractivity contribution is -0.248. The van der Waals surface area contributed by atoms with Crippen LogP contribution in [0.4, 0.5) is 0 Å². The second-order valence-electron chi connectivity index (χ2n) is 8.49. The smallest absolute Gasteiger partial charge is 0.206 e. The van der Waals surface area contributed by atoms with E-state index < -0.39 is 11.2 Å². The summed E-state index contributed by atoms with van der Waals surface area (Å²) in [4.78, 5) is 22.1. The molecule has 2 aliphatic heterocycles. The number of nitrogens with zero attached hydrogens (tertiary/aromatic N) is 2. The lowest BCUT2D eigenvalue weighted by Crippen LogP contribution is -2.56. The highest BCUT2D eigenvalue weighted by atomic mass is 35.5. The molecule has 1 saturated heterocycles. The molecule has 1 atom stereocenters. The third kappa shape index (κ3) is 3.58. The number of pyridine rings is 1. The summed E-state index contributed by atoms with van der Waals surface area (Å²) in [5, 5.41) is 3.15. The van der Waals surface area contributed by atoms with Crippen molar-refractivity contribution in [2.75, 3.05) is 19.9 Å². The first-order chi connectivity index (χ1) is 14.7. The van der Waals surface area contributed by atoms with Crippen molar-refractivity contribution in [1.82, 2.24) is 10.3 Å². The summed E-state index contributed by atoms with van der Waals surface area (Å²) in [5.41, 5.74) is 10.1. The zero-order chi connectivity index (χ0) is 20.6. The van der Waals surface area contributed by atoms with Crippen molar-refractivity contribution in [2.24, 2.45) is 16.1 Å². The van der Waals surface area contributed by atoms with Crippen molar-refractivity contribution >= 4 is 23.9 Å². The van der Waals surface area contributed by atoms with Gasteiger partial charge in [0.2, 0.25) is 5.78 Å². The van der Waals surface area contributed by atoms with Crippen LogP contribution in [0.3, 0.4) is 0 Å². The van der Waals surface area contributed by atoms with Gasteiger partial charge in [0.25, 0.3) is 0 Å². The van der Waals surface area contributed by atoms with Gasteiger partial charge in [-0.3, -0.25) is 14.8 Å². The summed E-state index contributed by atoms with van der Waals surface area (Å²) in [7, 11) is 0. The average molecular weight is 445 g/mol. The standard InChI is InChI=1S/C23H28N4O3.ClH/c24-21-17(4-3-8-22(21)7-1-2-9-23(22)29-12-13-30-23)20(28)19-14-18(26-15-27-19)16-5-10-25-11-6-16;/h5-6,10-11,14,27H,1-4,7-9,12-13,15,24H2;1H/t22-;/m0./s1.